The molecule has 0 spiro atoms. The maximum absolute atomic E-state index is 6.33. The normalized spacial score (nSPS) is 17.4. The molecular formula is C14H24ClN3O. The topological polar surface area (TPSA) is 39.1 Å². The van der Waals surface area contributed by atoms with Crippen LogP contribution in [0.3, 0.4) is 0 Å². The number of rotatable bonds is 8. The molecule has 0 radical (unpaired) electrons. The first-order chi connectivity index (χ1) is 9.26. The van der Waals surface area contributed by atoms with Crippen LogP contribution in [0.2, 0.25) is 5.02 Å². The summed E-state index contributed by atoms with van der Waals surface area (Å²) in [6.45, 7) is 4.50. The highest BCUT2D eigenvalue weighted by molar-refractivity contribution is 6.31. The highest BCUT2D eigenvalue weighted by Crippen LogP contribution is 2.36. The summed E-state index contributed by atoms with van der Waals surface area (Å²) < 4.78 is 7.12. The maximum Gasteiger partial charge on any atom is 0.0834 e. The highest BCUT2D eigenvalue weighted by Gasteiger charge is 2.26. The molecule has 1 aliphatic rings. The molecule has 19 heavy (non-hydrogen) atoms. The Bertz CT molecular complexity index is 390. The van der Waals surface area contributed by atoms with Gasteiger partial charge in [0.15, 0.2) is 0 Å². The van der Waals surface area contributed by atoms with Crippen molar-refractivity contribution < 1.29 is 4.74 Å². The fourth-order valence-electron chi connectivity index (χ4n) is 2.67. The van der Waals surface area contributed by atoms with Crippen LogP contribution < -0.4 is 5.32 Å². The first kappa shape index (κ1) is 14.8. The van der Waals surface area contributed by atoms with Crippen LogP contribution >= 0.6 is 11.6 Å². The Hall–Kier alpha value is -0.580. The summed E-state index contributed by atoms with van der Waals surface area (Å²) in [5.74, 6) is 0.839. The molecule has 1 saturated carbocycles. The van der Waals surface area contributed by atoms with Gasteiger partial charge in [0.2, 0.25) is 0 Å². The molecule has 5 heteroatoms. The monoisotopic (exact) mass is 285 g/mol. The predicted octanol–water partition coefficient (Wildman–Crippen LogP) is 3.02. The van der Waals surface area contributed by atoms with Crippen LogP contribution in [0, 0.1) is 5.92 Å². The molecule has 1 N–H and O–H groups in total. The Balaban J connectivity index is 2.11. The standard InChI is InChI=1S/C14H24ClN3O/c1-3-16-13(9-11-5-4-6-11)14-12(15)10-17-18(14)7-8-19-2/h10-11,13,16H,3-9H2,1-2H3. The second-order valence-electron chi connectivity index (χ2n) is 5.24. The van der Waals surface area contributed by atoms with Crippen LogP contribution in [0.1, 0.15) is 44.3 Å². The van der Waals surface area contributed by atoms with Gasteiger partial charge in [-0.25, -0.2) is 0 Å². The molecule has 1 fully saturated rings. The third-order valence-corrected chi connectivity index (χ3v) is 4.21. The molecule has 0 aliphatic heterocycles. The zero-order valence-corrected chi connectivity index (χ0v) is 12.6. The minimum atomic E-state index is 0.308. The van der Waals surface area contributed by atoms with Gasteiger partial charge < -0.3 is 10.1 Å². The summed E-state index contributed by atoms with van der Waals surface area (Å²) in [4.78, 5) is 0. The number of nitrogens with one attached hydrogen (secondary N) is 1. The lowest BCUT2D eigenvalue weighted by Crippen LogP contribution is -2.28. The van der Waals surface area contributed by atoms with Crippen molar-refractivity contribution in [3.05, 3.63) is 16.9 Å². The minimum absolute atomic E-state index is 0.308. The van der Waals surface area contributed by atoms with E-state index in [1.807, 2.05) is 4.68 Å². The van der Waals surface area contributed by atoms with Crippen LogP contribution in [-0.2, 0) is 11.3 Å². The minimum Gasteiger partial charge on any atom is -0.383 e. The summed E-state index contributed by atoms with van der Waals surface area (Å²) >= 11 is 6.33. The summed E-state index contributed by atoms with van der Waals surface area (Å²) in [6, 6.07) is 0.308. The summed E-state index contributed by atoms with van der Waals surface area (Å²) in [5, 5.41) is 8.69. The van der Waals surface area contributed by atoms with Crippen molar-refractivity contribution in [3.8, 4) is 0 Å². The maximum atomic E-state index is 6.33. The van der Waals surface area contributed by atoms with E-state index in [4.69, 9.17) is 16.3 Å². The average Bonchev–Trinajstić information content (AvgIpc) is 2.71. The third kappa shape index (κ3) is 3.71. The number of aromatic nitrogens is 2. The second-order valence-corrected chi connectivity index (χ2v) is 5.64. The Morgan fingerprint density at radius 2 is 2.37 bits per heavy atom. The van der Waals surface area contributed by atoms with Gasteiger partial charge in [0.1, 0.15) is 0 Å². The number of methoxy groups -OCH3 is 1. The Morgan fingerprint density at radius 3 is 2.95 bits per heavy atom. The number of nitrogens with zero attached hydrogens (tertiary/aromatic N) is 2. The quantitative estimate of drug-likeness (QED) is 0.798. The van der Waals surface area contributed by atoms with E-state index in [0.717, 1.165) is 36.1 Å². The van der Waals surface area contributed by atoms with Gasteiger partial charge >= 0.3 is 0 Å². The first-order valence-corrected chi connectivity index (χ1v) is 7.57. The predicted molar refractivity (Wildman–Crippen MR) is 77.5 cm³/mol. The zero-order valence-electron chi connectivity index (χ0n) is 11.9. The van der Waals surface area contributed by atoms with E-state index in [0.29, 0.717) is 12.6 Å². The van der Waals surface area contributed by atoms with E-state index in [-0.39, 0.29) is 0 Å². The summed E-state index contributed by atoms with van der Waals surface area (Å²) in [6.07, 6.45) is 6.99. The Morgan fingerprint density at radius 1 is 1.58 bits per heavy atom. The molecule has 1 aliphatic carbocycles. The zero-order chi connectivity index (χ0) is 13.7. The lowest BCUT2D eigenvalue weighted by Gasteiger charge is -2.30. The third-order valence-electron chi connectivity index (χ3n) is 3.91. The van der Waals surface area contributed by atoms with Crippen molar-refractivity contribution in [2.45, 2.75) is 45.2 Å². The van der Waals surface area contributed by atoms with Crippen molar-refractivity contribution >= 4 is 11.6 Å². The molecule has 0 amide bonds. The molecule has 1 aromatic heterocycles. The molecule has 0 saturated heterocycles. The molecule has 1 unspecified atom stereocenters. The van der Waals surface area contributed by atoms with Gasteiger partial charge in [-0.3, -0.25) is 4.68 Å². The van der Waals surface area contributed by atoms with Gasteiger partial charge in [-0.2, -0.15) is 5.10 Å². The van der Waals surface area contributed by atoms with E-state index in [1.54, 1.807) is 13.3 Å². The number of halogens is 1. The molecule has 0 bridgehead atoms. The largest absolute Gasteiger partial charge is 0.383 e. The molecule has 1 aromatic rings. The molecule has 108 valence electrons. The van der Waals surface area contributed by atoms with E-state index < -0.39 is 0 Å². The van der Waals surface area contributed by atoms with Gasteiger partial charge in [0.05, 0.1) is 36.1 Å². The van der Waals surface area contributed by atoms with Crippen LogP contribution in [-0.4, -0.2) is 30.0 Å². The Labute approximate surface area is 120 Å². The molecule has 1 atom stereocenters. The average molecular weight is 286 g/mol. The van der Waals surface area contributed by atoms with Crippen molar-refractivity contribution in [1.82, 2.24) is 15.1 Å². The lowest BCUT2D eigenvalue weighted by atomic mass is 9.80. The SMILES string of the molecule is CCNC(CC1CCC1)c1c(Cl)cnn1CCOC. The highest BCUT2D eigenvalue weighted by atomic mass is 35.5. The van der Waals surface area contributed by atoms with Crippen molar-refractivity contribution in [2.75, 3.05) is 20.3 Å². The van der Waals surface area contributed by atoms with Crippen LogP contribution in [0.15, 0.2) is 6.20 Å². The number of hydrogen-bond donors (Lipinski definition) is 1. The van der Waals surface area contributed by atoms with E-state index >= 15 is 0 Å². The van der Waals surface area contributed by atoms with Gasteiger partial charge in [0, 0.05) is 7.11 Å². The van der Waals surface area contributed by atoms with Crippen molar-refractivity contribution in [2.24, 2.45) is 5.92 Å². The lowest BCUT2D eigenvalue weighted by molar-refractivity contribution is 0.180. The smallest absolute Gasteiger partial charge is 0.0834 e. The number of ether oxygens (including phenoxy) is 1. The van der Waals surface area contributed by atoms with Gasteiger partial charge in [0.25, 0.3) is 0 Å². The molecular weight excluding hydrogens is 262 g/mol. The van der Waals surface area contributed by atoms with Crippen LogP contribution in [0.25, 0.3) is 0 Å². The van der Waals surface area contributed by atoms with Crippen LogP contribution in [0.4, 0.5) is 0 Å². The van der Waals surface area contributed by atoms with Gasteiger partial charge in [-0.15, -0.1) is 0 Å². The van der Waals surface area contributed by atoms with Gasteiger partial charge in [-0.05, 0) is 18.9 Å². The van der Waals surface area contributed by atoms with Crippen LogP contribution in [0.5, 0.6) is 0 Å². The summed E-state index contributed by atoms with van der Waals surface area (Å²) in [5.41, 5.74) is 1.12. The Kier molecular flexibility index (Phi) is 5.67. The molecule has 0 aromatic carbocycles. The van der Waals surface area contributed by atoms with Gasteiger partial charge in [-0.1, -0.05) is 37.8 Å². The second kappa shape index (κ2) is 7.27. The fourth-order valence-corrected chi connectivity index (χ4v) is 2.95. The summed E-state index contributed by atoms with van der Waals surface area (Å²) in [7, 11) is 1.71. The molecule has 2 rings (SSSR count). The van der Waals surface area contributed by atoms with Crippen molar-refractivity contribution in [3.63, 3.8) is 0 Å². The molecule has 4 nitrogen and oxygen atoms in total. The van der Waals surface area contributed by atoms with E-state index in [9.17, 15) is 0 Å². The van der Waals surface area contributed by atoms with Crippen molar-refractivity contribution in [1.29, 1.82) is 0 Å². The van der Waals surface area contributed by atoms with E-state index in [2.05, 4.69) is 17.3 Å². The molecule has 1 heterocycles. The first-order valence-electron chi connectivity index (χ1n) is 7.19. The fraction of sp³-hybridized carbons (Fsp3) is 0.786. The van der Waals surface area contributed by atoms with E-state index in [1.165, 1.54) is 19.3 Å². The number of hydrogen-bond acceptors (Lipinski definition) is 3.